The Hall–Kier alpha value is -0.710. The molecule has 102 valence electrons. The largest absolute Gasteiger partial charge is 0.518 e. The summed E-state index contributed by atoms with van der Waals surface area (Å²) in [7, 11) is -6.88. The number of nitrogens with zero attached hydrogens (tertiary/aromatic N) is 1. The summed E-state index contributed by atoms with van der Waals surface area (Å²) in [4.78, 5) is 16.9. The Kier molecular flexibility index (Phi) is 6.54. The van der Waals surface area contributed by atoms with Gasteiger partial charge in [-0.15, -0.1) is 0 Å². The first kappa shape index (κ1) is 15.3. The lowest BCUT2D eigenvalue weighted by molar-refractivity contribution is 0.288. The molecule has 1 heterocycles. The van der Waals surface area contributed by atoms with E-state index in [0.29, 0.717) is 6.42 Å². The van der Waals surface area contributed by atoms with Crippen molar-refractivity contribution in [3.63, 3.8) is 0 Å². The smallest absolute Gasteiger partial charge is 0.326 e. The topological polar surface area (TPSA) is 101 Å². The van der Waals surface area contributed by atoms with Crippen molar-refractivity contribution in [1.29, 1.82) is 0 Å². The zero-order valence-electron chi connectivity index (χ0n) is 9.81. The van der Waals surface area contributed by atoms with Gasteiger partial charge >= 0.3 is 15.9 Å². The molecule has 0 amide bonds. The molecule has 1 aromatic heterocycles. The lowest BCUT2D eigenvalue weighted by Gasteiger charge is -2.05. The maximum Gasteiger partial charge on any atom is 0.518 e. The average molecular weight is 295 g/mol. The van der Waals surface area contributed by atoms with Crippen molar-refractivity contribution in [2.24, 2.45) is 0 Å². The van der Waals surface area contributed by atoms with Gasteiger partial charge in [0.25, 0.3) is 0 Å². The van der Waals surface area contributed by atoms with Crippen molar-refractivity contribution in [3.8, 4) is 0 Å². The highest BCUT2D eigenvalue weighted by Gasteiger charge is 2.30. The first-order valence-electron chi connectivity index (χ1n) is 5.54. The van der Waals surface area contributed by atoms with Gasteiger partial charge in [0.05, 0.1) is 0 Å². The summed E-state index contributed by atoms with van der Waals surface area (Å²) in [5.74, 6) is 0. The first-order valence-corrected chi connectivity index (χ1v) is 8.43. The molecular formula is C9H17N2O5P2+. The van der Waals surface area contributed by atoms with E-state index < -0.39 is 15.9 Å². The van der Waals surface area contributed by atoms with Crippen LogP contribution >= 0.6 is 15.9 Å². The van der Waals surface area contributed by atoms with Crippen LogP contribution < -0.4 is 5.43 Å². The van der Waals surface area contributed by atoms with Crippen LogP contribution in [0.5, 0.6) is 0 Å². The highest BCUT2D eigenvalue weighted by Crippen LogP contribution is 2.47. The Bertz CT molecular complexity index is 403. The van der Waals surface area contributed by atoms with Gasteiger partial charge in [0, 0.05) is 18.9 Å². The van der Waals surface area contributed by atoms with E-state index in [-0.39, 0.29) is 6.16 Å². The zero-order chi connectivity index (χ0) is 13.4. The van der Waals surface area contributed by atoms with Crippen LogP contribution in [0.4, 0.5) is 0 Å². The minimum absolute atomic E-state index is 0.171. The molecule has 0 aliphatic carbocycles. The molecule has 0 saturated carbocycles. The highest BCUT2D eigenvalue weighted by molar-refractivity contribution is 7.57. The van der Waals surface area contributed by atoms with Gasteiger partial charge in [-0.1, -0.05) is 0 Å². The minimum Gasteiger partial charge on any atom is -0.326 e. The molecule has 0 saturated heterocycles. The Labute approximate surface area is 106 Å². The normalized spacial score (nSPS) is 12.4. The van der Waals surface area contributed by atoms with Crippen LogP contribution in [0.25, 0.3) is 0 Å². The molecule has 0 aromatic carbocycles. The fraction of sp³-hybridized carbons (Fsp3) is 0.556. The maximum atomic E-state index is 11.1. The molecule has 0 radical (unpaired) electrons. The molecule has 3 N–H and O–H groups in total. The summed E-state index contributed by atoms with van der Waals surface area (Å²) in [6.07, 6.45) is 6.28. The number of hydrogen-bond donors (Lipinski definition) is 3. The molecule has 1 rings (SSSR count). The minimum atomic E-state index is -4.62. The van der Waals surface area contributed by atoms with Crippen molar-refractivity contribution >= 4 is 15.9 Å². The number of aromatic nitrogens is 1. The lowest BCUT2D eigenvalue weighted by Crippen LogP contribution is -2.13. The van der Waals surface area contributed by atoms with Crippen molar-refractivity contribution in [2.45, 2.75) is 19.3 Å². The SMILES string of the molecule is O=[P+](CCCCCNn1cccc1)OP(=O)(O)O. The molecule has 0 aliphatic rings. The molecule has 0 spiro atoms. The van der Waals surface area contributed by atoms with Crippen LogP contribution in [0.3, 0.4) is 0 Å². The lowest BCUT2D eigenvalue weighted by atomic mass is 10.2. The monoisotopic (exact) mass is 295 g/mol. The van der Waals surface area contributed by atoms with E-state index in [1.165, 1.54) is 0 Å². The highest BCUT2D eigenvalue weighted by atomic mass is 31.2. The van der Waals surface area contributed by atoms with Gasteiger partial charge in [0.15, 0.2) is 6.16 Å². The van der Waals surface area contributed by atoms with Crippen LogP contribution in [0.1, 0.15) is 19.3 Å². The van der Waals surface area contributed by atoms with Crippen molar-refractivity contribution in [1.82, 2.24) is 4.68 Å². The number of rotatable bonds is 9. The van der Waals surface area contributed by atoms with Crippen LogP contribution in [-0.2, 0) is 13.4 Å². The third-order valence-corrected chi connectivity index (χ3v) is 4.37. The van der Waals surface area contributed by atoms with E-state index in [2.05, 4.69) is 9.74 Å². The fourth-order valence-electron chi connectivity index (χ4n) is 1.35. The van der Waals surface area contributed by atoms with Gasteiger partial charge < -0.3 is 15.2 Å². The summed E-state index contributed by atoms with van der Waals surface area (Å²) in [5, 5.41) is 0. The van der Waals surface area contributed by atoms with Crippen LogP contribution in [-0.4, -0.2) is 27.2 Å². The summed E-state index contributed by atoms with van der Waals surface area (Å²) < 4.78 is 27.4. The average Bonchev–Trinajstić information content (AvgIpc) is 2.73. The van der Waals surface area contributed by atoms with E-state index in [1.807, 2.05) is 29.2 Å². The van der Waals surface area contributed by atoms with Crippen molar-refractivity contribution in [2.75, 3.05) is 18.1 Å². The fourth-order valence-corrected chi connectivity index (χ4v) is 3.11. The molecule has 0 fully saturated rings. The first-order chi connectivity index (χ1) is 8.47. The zero-order valence-corrected chi connectivity index (χ0v) is 11.6. The molecular weight excluding hydrogens is 278 g/mol. The van der Waals surface area contributed by atoms with Gasteiger partial charge in [-0.2, -0.15) is 0 Å². The number of hydrogen-bond acceptors (Lipinski definition) is 4. The van der Waals surface area contributed by atoms with Crippen molar-refractivity contribution < 1.29 is 23.2 Å². The van der Waals surface area contributed by atoms with Gasteiger partial charge in [-0.25, -0.2) is 4.57 Å². The Balaban J connectivity index is 1.98. The molecule has 1 atom stereocenters. The standard InChI is InChI=1S/C9H16N2O5P2/c12-17(16-18(13,14)15)9-5-1-2-6-10-11-7-3-4-8-11/h3-4,7-8,10H,1-2,5-6,9H2,(H-,13,14,15)/p+1. The molecule has 9 heteroatoms. The molecule has 18 heavy (non-hydrogen) atoms. The second-order valence-electron chi connectivity index (χ2n) is 3.69. The molecule has 0 bridgehead atoms. The van der Waals surface area contributed by atoms with Gasteiger partial charge in [-0.05, 0) is 40.3 Å². The van der Waals surface area contributed by atoms with Crippen LogP contribution in [0.2, 0.25) is 0 Å². The third kappa shape index (κ3) is 7.58. The van der Waals surface area contributed by atoms with Crippen LogP contribution in [0.15, 0.2) is 24.5 Å². The number of phosphoric acid groups is 1. The van der Waals surface area contributed by atoms with Gasteiger partial charge in [0.2, 0.25) is 0 Å². The summed E-state index contributed by atoms with van der Waals surface area (Å²) >= 11 is 0. The predicted molar refractivity (Wildman–Crippen MR) is 68.1 cm³/mol. The molecule has 0 aliphatic heterocycles. The van der Waals surface area contributed by atoms with E-state index >= 15 is 0 Å². The van der Waals surface area contributed by atoms with E-state index in [1.54, 1.807) is 0 Å². The quantitative estimate of drug-likeness (QED) is 0.476. The summed E-state index contributed by atoms with van der Waals surface area (Å²) in [5.41, 5.74) is 3.14. The molecule has 7 nitrogen and oxygen atoms in total. The summed E-state index contributed by atoms with van der Waals surface area (Å²) in [6.45, 7) is 0.783. The maximum absolute atomic E-state index is 11.1. The Morgan fingerprint density at radius 3 is 2.50 bits per heavy atom. The second-order valence-corrected chi connectivity index (χ2v) is 6.43. The molecule has 1 aromatic rings. The number of unbranched alkanes of at least 4 members (excludes halogenated alkanes) is 2. The van der Waals surface area contributed by atoms with E-state index in [4.69, 9.17) is 9.79 Å². The third-order valence-electron chi connectivity index (χ3n) is 2.11. The molecule has 1 unspecified atom stereocenters. The Morgan fingerprint density at radius 2 is 1.89 bits per heavy atom. The van der Waals surface area contributed by atoms with Crippen molar-refractivity contribution in [3.05, 3.63) is 24.5 Å². The summed E-state index contributed by atoms with van der Waals surface area (Å²) in [6, 6.07) is 3.83. The van der Waals surface area contributed by atoms with Gasteiger partial charge in [-0.3, -0.25) is 4.68 Å². The van der Waals surface area contributed by atoms with E-state index in [0.717, 1.165) is 19.4 Å². The van der Waals surface area contributed by atoms with Crippen LogP contribution in [0, 0.1) is 0 Å². The van der Waals surface area contributed by atoms with E-state index in [9.17, 15) is 9.13 Å². The Morgan fingerprint density at radius 1 is 1.22 bits per heavy atom. The number of nitrogens with one attached hydrogen (secondary N) is 1. The van der Waals surface area contributed by atoms with Gasteiger partial charge in [0.1, 0.15) is 0 Å². The second kappa shape index (κ2) is 7.67. The predicted octanol–water partition coefficient (Wildman–Crippen LogP) is 2.05.